The van der Waals surface area contributed by atoms with Gasteiger partial charge in [-0.15, -0.1) is 0 Å². The van der Waals surface area contributed by atoms with Crippen molar-refractivity contribution >= 4 is 6.03 Å². The molecule has 1 aliphatic heterocycles. The first kappa shape index (κ1) is 14.7. The average molecular weight is 276 g/mol. The molecule has 1 aromatic carbocycles. The largest absolute Gasteiger partial charge is 0.493 e. The van der Waals surface area contributed by atoms with Crippen molar-refractivity contribution in [2.45, 2.75) is 38.6 Å². The van der Waals surface area contributed by atoms with Gasteiger partial charge in [-0.2, -0.15) is 0 Å². The van der Waals surface area contributed by atoms with Crippen LogP contribution in [0.5, 0.6) is 5.75 Å². The van der Waals surface area contributed by atoms with Gasteiger partial charge in [-0.05, 0) is 36.5 Å². The first-order chi connectivity index (χ1) is 9.49. The van der Waals surface area contributed by atoms with Gasteiger partial charge in [-0.3, -0.25) is 0 Å². The minimum absolute atomic E-state index is 0.0288. The summed E-state index contributed by atoms with van der Waals surface area (Å²) >= 11 is 0. The van der Waals surface area contributed by atoms with Crippen molar-refractivity contribution in [3.8, 4) is 5.75 Å². The second-order valence-electron chi connectivity index (χ2n) is 5.84. The molecule has 0 radical (unpaired) electrons. The highest BCUT2D eigenvalue weighted by Gasteiger charge is 2.22. The Kier molecular flexibility index (Phi) is 4.53. The Morgan fingerprint density at radius 3 is 2.80 bits per heavy atom. The topological polar surface area (TPSA) is 41.6 Å². The molecule has 1 aliphatic rings. The van der Waals surface area contributed by atoms with E-state index in [1.54, 1.807) is 19.0 Å². The van der Waals surface area contributed by atoms with E-state index in [-0.39, 0.29) is 12.1 Å². The van der Waals surface area contributed by atoms with Gasteiger partial charge in [0.1, 0.15) is 5.75 Å². The van der Waals surface area contributed by atoms with Crippen molar-refractivity contribution in [1.29, 1.82) is 0 Å². The van der Waals surface area contributed by atoms with E-state index in [4.69, 9.17) is 4.74 Å². The fourth-order valence-electron chi connectivity index (χ4n) is 2.38. The van der Waals surface area contributed by atoms with Crippen LogP contribution < -0.4 is 10.1 Å². The third kappa shape index (κ3) is 3.24. The molecule has 0 fully saturated rings. The Balaban J connectivity index is 2.31. The molecule has 0 aliphatic carbocycles. The predicted molar refractivity (Wildman–Crippen MR) is 80.2 cm³/mol. The van der Waals surface area contributed by atoms with E-state index in [0.29, 0.717) is 12.5 Å². The quantitative estimate of drug-likeness (QED) is 0.900. The van der Waals surface area contributed by atoms with Crippen LogP contribution in [0.25, 0.3) is 0 Å². The van der Waals surface area contributed by atoms with E-state index in [1.807, 2.05) is 6.07 Å². The average Bonchev–Trinajstić information content (AvgIpc) is 2.60. The van der Waals surface area contributed by atoms with Gasteiger partial charge in [0.2, 0.25) is 0 Å². The van der Waals surface area contributed by atoms with Gasteiger partial charge in [-0.1, -0.05) is 19.9 Å². The number of carbonyl (C=O) groups excluding carboxylic acids is 1. The number of benzene rings is 1. The highest BCUT2D eigenvalue weighted by molar-refractivity contribution is 5.74. The third-order valence-corrected chi connectivity index (χ3v) is 3.67. The van der Waals surface area contributed by atoms with E-state index < -0.39 is 0 Å². The number of nitrogens with zero attached hydrogens (tertiary/aromatic N) is 1. The van der Waals surface area contributed by atoms with Gasteiger partial charge >= 0.3 is 6.03 Å². The molecule has 0 saturated carbocycles. The molecule has 1 atom stereocenters. The van der Waals surface area contributed by atoms with Crippen LogP contribution in [0, 0.1) is 0 Å². The summed E-state index contributed by atoms with van der Waals surface area (Å²) in [5.41, 5.74) is 2.38. The molecule has 110 valence electrons. The molecular weight excluding hydrogens is 252 g/mol. The number of nitrogens with one attached hydrogen (secondary N) is 1. The first-order valence-electron chi connectivity index (χ1n) is 7.23. The molecule has 0 saturated heterocycles. The van der Waals surface area contributed by atoms with E-state index in [0.717, 1.165) is 24.2 Å². The van der Waals surface area contributed by atoms with Crippen LogP contribution in [-0.4, -0.2) is 31.6 Å². The summed E-state index contributed by atoms with van der Waals surface area (Å²) in [6.45, 7) is 5.06. The fraction of sp³-hybridized carbons (Fsp3) is 0.562. The molecule has 0 spiro atoms. The van der Waals surface area contributed by atoms with Crippen molar-refractivity contribution in [3.63, 3.8) is 0 Å². The minimum atomic E-state index is -0.0576. The van der Waals surface area contributed by atoms with Gasteiger partial charge in [0.05, 0.1) is 12.6 Å². The molecule has 1 heterocycles. The second kappa shape index (κ2) is 6.16. The lowest BCUT2D eigenvalue weighted by Crippen LogP contribution is -2.37. The maximum atomic E-state index is 11.9. The van der Waals surface area contributed by atoms with Gasteiger partial charge in [0.25, 0.3) is 0 Å². The van der Waals surface area contributed by atoms with Crippen molar-refractivity contribution in [2.75, 3.05) is 20.7 Å². The van der Waals surface area contributed by atoms with E-state index in [1.165, 1.54) is 5.56 Å². The minimum Gasteiger partial charge on any atom is -0.493 e. The summed E-state index contributed by atoms with van der Waals surface area (Å²) in [7, 11) is 3.52. The highest BCUT2D eigenvalue weighted by atomic mass is 16.5. The molecule has 0 bridgehead atoms. The van der Waals surface area contributed by atoms with Crippen LogP contribution in [0.4, 0.5) is 4.79 Å². The smallest absolute Gasteiger partial charge is 0.317 e. The Bertz CT molecular complexity index is 483. The number of rotatable bonds is 2. The normalized spacial score (nSPS) is 17.9. The molecular formula is C16H24N2O2. The number of amides is 2. The third-order valence-electron chi connectivity index (χ3n) is 3.67. The zero-order chi connectivity index (χ0) is 14.7. The van der Waals surface area contributed by atoms with Crippen molar-refractivity contribution in [3.05, 3.63) is 29.3 Å². The van der Waals surface area contributed by atoms with E-state index in [9.17, 15) is 4.79 Å². The second-order valence-corrected chi connectivity index (χ2v) is 5.84. The van der Waals surface area contributed by atoms with Crippen LogP contribution in [0.3, 0.4) is 0 Å². The summed E-state index contributed by atoms with van der Waals surface area (Å²) in [6.07, 6.45) is 1.86. The molecule has 1 N–H and O–H groups in total. The first-order valence-corrected chi connectivity index (χ1v) is 7.23. The van der Waals surface area contributed by atoms with Crippen LogP contribution >= 0.6 is 0 Å². The Hall–Kier alpha value is -1.71. The fourth-order valence-corrected chi connectivity index (χ4v) is 2.38. The van der Waals surface area contributed by atoms with Crippen molar-refractivity contribution < 1.29 is 9.53 Å². The van der Waals surface area contributed by atoms with Gasteiger partial charge in [-0.25, -0.2) is 4.79 Å². The number of fused-ring (bicyclic) bond motifs is 1. The van der Waals surface area contributed by atoms with E-state index >= 15 is 0 Å². The number of ether oxygens (including phenoxy) is 1. The Morgan fingerprint density at radius 1 is 1.40 bits per heavy atom. The lowest BCUT2D eigenvalue weighted by molar-refractivity contribution is 0.212. The monoisotopic (exact) mass is 276 g/mol. The lowest BCUT2D eigenvalue weighted by atomic mass is 9.95. The highest BCUT2D eigenvalue weighted by Crippen LogP contribution is 2.34. The summed E-state index contributed by atoms with van der Waals surface area (Å²) in [6, 6.07) is 6.29. The molecule has 1 aromatic rings. The van der Waals surface area contributed by atoms with Gasteiger partial charge < -0.3 is 15.0 Å². The number of hydrogen-bond acceptors (Lipinski definition) is 2. The van der Waals surface area contributed by atoms with Crippen molar-refractivity contribution in [1.82, 2.24) is 10.2 Å². The summed E-state index contributed by atoms with van der Waals surface area (Å²) < 4.78 is 5.79. The molecule has 2 rings (SSSR count). The van der Waals surface area contributed by atoms with E-state index in [2.05, 4.69) is 31.3 Å². The summed E-state index contributed by atoms with van der Waals surface area (Å²) in [4.78, 5) is 13.5. The zero-order valence-corrected chi connectivity index (χ0v) is 12.8. The van der Waals surface area contributed by atoms with Crippen LogP contribution in [0.1, 0.15) is 49.8 Å². The zero-order valence-electron chi connectivity index (χ0n) is 12.8. The van der Waals surface area contributed by atoms with Crippen molar-refractivity contribution in [2.24, 2.45) is 0 Å². The molecule has 2 amide bonds. The molecule has 20 heavy (non-hydrogen) atoms. The standard InChI is InChI=1S/C16H24N2O2/c1-11(2)12-7-8-15-13(10-12)14(6-5-9-20-15)17-16(19)18(3)4/h7-8,10-11,14H,5-6,9H2,1-4H3,(H,17,19). The molecule has 1 unspecified atom stereocenters. The Morgan fingerprint density at radius 2 is 2.15 bits per heavy atom. The van der Waals surface area contributed by atoms with Crippen LogP contribution in [-0.2, 0) is 0 Å². The van der Waals surface area contributed by atoms with Gasteiger partial charge in [0, 0.05) is 19.7 Å². The molecule has 4 nitrogen and oxygen atoms in total. The summed E-state index contributed by atoms with van der Waals surface area (Å²) in [5.74, 6) is 1.37. The summed E-state index contributed by atoms with van der Waals surface area (Å²) in [5, 5.41) is 3.09. The van der Waals surface area contributed by atoms with Crippen LogP contribution in [0.15, 0.2) is 18.2 Å². The Labute approximate surface area is 121 Å². The number of urea groups is 1. The molecule has 4 heteroatoms. The van der Waals surface area contributed by atoms with Crippen LogP contribution in [0.2, 0.25) is 0 Å². The number of carbonyl (C=O) groups is 1. The van der Waals surface area contributed by atoms with Gasteiger partial charge in [0.15, 0.2) is 0 Å². The SMILES string of the molecule is CC(C)c1ccc2c(c1)C(NC(=O)N(C)C)CCCO2. The maximum Gasteiger partial charge on any atom is 0.317 e. The lowest BCUT2D eigenvalue weighted by Gasteiger charge is -2.22. The maximum absolute atomic E-state index is 11.9. The molecule has 0 aromatic heterocycles. The predicted octanol–water partition coefficient (Wildman–Crippen LogP) is 3.29. The number of hydrogen-bond donors (Lipinski definition) is 1.